The Morgan fingerprint density at radius 3 is 2.37 bits per heavy atom. The Balaban J connectivity index is 1.04. The van der Waals surface area contributed by atoms with Crippen LogP contribution in [0.1, 0.15) is 36.8 Å². The number of nitro benzene ring substituents is 1. The summed E-state index contributed by atoms with van der Waals surface area (Å²) in [7, 11) is -4.47. The highest BCUT2D eigenvalue weighted by Crippen LogP contribution is 2.31. The number of hydrogen-bond donors (Lipinski definition) is 2. The maximum atomic E-state index is 13.1. The van der Waals surface area contributed by atoms with Gasteiger partial charge >= 0.3 is 0 Å². The molecule has 1 fully saturated rings. The number of nitrogens with one attached hydrogen (secondary N) is 2. The molecule has 6 rings (SSSR count). The summed E-state index contributed by atoms with van der Waals surface area (Å²) >= 11 is 1.58. The van der Waals surface area contributed by atoms with E-state index >= 15 is 0 Å². The molecule has 1 aliphatic heterocycles. The van der Waals surface area contributed by atoms with Crippen LogP contribution in [0.2, 0.25) is 0 Å². The molecule has 0 aliphatic carbocycles. The molecule has 0 saturated carbocycles. The van der Waals surface area contributed by atoms with Gasteiger partial charge in [-0.1, -0.05) is 30.3 Å². The van der Waals surface area contributed by atoms with Gasteiger partial charge in [0.15, 0.2) is 11.5 Å². The van der Waals surface area contributed by atoms with Crippen LogP contribution in [0.5, 0.6) is 11.5 Å². The molecule has 0 spiro atoms. The van der Waals surface area contributed by atoms with Crippen molar-refractivity contribution in [2.75, 3.05) is 55.3 Å². The lowest BCUT2D eigenvalue weighted by Gasteiger charge is -2.35. The highest BCUT2D eigenvalue weighted by molar-refractivity contribution is 7.99. The molecule has 14 nitrogen and oxygen atoms in total. The van der Waals surface area contributed by atoms with Crippen molar-refractivity contribution in [1.29, 1.82) is 0 Å². The van der Waals surface area contributed by atoms with Gasteiger partial charge in [0.25, 0.3) is 21.6 Å². The molecule has 16 heteroatoms. The number of piperazine rings is 1. The van der Waals surface area contributed by atoms with Gasteiger partial charge in [0.2, 0.25) is 0 Å². The van der Waals surface area contributed by atoms with E-state index < -0.39 is 31.4 Å². The monoisotopic (exact) mass is 811 g/mol. The number of amides is 1. The molecule has 2 N–H and O–H groups in total. The van der Waals surface area contributed by atoms with Crippen LogP contribution in [0.3, 0.4) is 0 Å². The second-order valence-electron chi connectivity index (χ2n) is 13.5. The van der Waals surface area contributed by atoms with Crippen LogP contribution in [0.4, 0.5) is 17.2 Å². The van der Waals surface area contributed by atoms with Crippen molar-refractivity contribution < 1.29 is 27.6 Å². The Morgan fingerprint density at radius 2 is 1.67 bits per heavy atom. The summed E-state index contributed by atoms with van der Waals surface area (Å²) in [6.07, 6.45) is 0.0266. The van der Waals surface area contributed by atoms with Crippen LogP contribution in [-0.4, -0.2) is 85.5 Å². The third-order valence-corrected chi connectivity index (χ3v) is 11.3. The maximum absolute atomic E-state index is 13.1. The lowest BCUT2D eigenvalue weighted by molar-refractivity contribution is -0.384. The zero-order valence-electron chi connectivity index (χ0n) is 32.0. The largest absolute Gasteiger partial charge is 0.494 e. The molecule has 2 heterocycles. The maximum Gasteiger partial charge on any atom is 0.293 e. The predicted molar refractivity (Wildman–Crippen MR) is 222 cm³/mol. The van der Waals surface area contributed by atoms with Crippen molar-refractivity contribution in [3.8, 4) is 22.6 Å². The molecule has 57 heavy (non-hydrogen) atoms. The SMILES string of the molecule is CCOc1cccc(-c2cc(CN3CCN(c4ccc(C(=O)NS(=O)(=O)c5ccc(NCCSc6ccccc6)c([N+](=O)[O-])c5)nn4)CC3)cc(OC(C)C)c2)c1. The highest BCUT2D eigenvalue weighted by Gasteiger charge is 2.25. The van der Waals surface area contributed by atoms with E-state index in [4.69, 9.17) is 9.47 Å². The number of nitrogens with zero attached hydrogens (tertiary/aromatic N) is 5. The second kappa shape index (κ2) is 19.0. The highest BCUT2D eigenvalue weighted by atomic mass is 32.2. The van der Waals surface area contributed by atoms with Crippen molar-refractivity contribution >= 4 is 44.9 Å². The van der Waals surface area contributed by atoms with E-state index in [2.05, 4.69) is 49.6 Å². The summed E-state index contributed by atoms with van der Waals surface area (Å²) in [4.78, 5) is 29.2. The molecular formula is C41H45N7O7S2. The van der Waals surface area contributed by atoms with Gasteiger partial charge in [-0.2, -0.15) is 0 Å². The molecule has 0 unspecified atom stereocenters. The van der Waals surface area contributed by atoms with Gasteiger partial charge in [0, 0.05) is 56.0 Å². The van der Waals surface area contributed by atoms with Gasteiger partial charge < -0.3 is 19.7 Å². The number of carbonyl (C=O) groups excluding carboxylic acids is 1. The first kappa shape index (κ1) is 40.9. The zero-order valence-corrected chi connectivity index (χ0v) is 33.6. The minimum absolute atomic E-state index is 0.0266. The van der Waals surface area contributed by atoms with Gasteiger partial charge in [-0.05, 0) is 104 Å². The van der Waals surface area contributed by atoms with Crippen molar-refractivity contribution in [1.82, 2.24) is 19.8 Å². The van der Waals surface area contributed by atoms with Crippen LogP contribution >= 0.6 is 11.8 Å². The molecule has 298 valence electrons. The van der Waals surface area contributed by atoms with E-state index in [0.717, 1.165) is 58.8 Å². The third kappa shape index (κ3) is 11.2. The van der Waals surface area contributed by atoms with E-state index in [1.54, 1.807) is 17.8 Å². The molecule has 1 saturated heterocycles. The summed E-state index contributed by atoms with van der Waals surface area (Å²) in [6.45, 7) is 10.5. The lowest BCUT2D eigenvalue weighted by Crippen LogP contribution is -2.46. The Labute approximate surface area is 336 Å². The Bertz CT molecular complexity index is 2270. The van der Waals surface area contributed by atoms with Gasteiger partial charge in [-0.25, -0.2) is 13.1 Å². The number of hydrogen-bond acceptors (Lipinski definition) is 13. The molecular weight excluding hydrogens is 767 g/mol. The van der Waals surface area contributed by atoms with E-state index in [1.165, 1.54) is 18.2 Å². The smallest absolute Gasteiger partial charge is 0.293 e. The fourth-order valence-corrected chi connectivity index (χ4v) is 8.05. The number of nitro groups is 1. The second-order valence-corrected chi connectivity index (χ2v) is 16.3. The van der Waals surface area contributed by atoms with Crippen LogP contribution in [0, 0.1) is 10.1 Å². The number of rotatable bonds is 17. The van der Waals surface area contributed by atoms with Crippen LogP contribution in [0.25, 0.3) is 11.1 Å². The predicted octanol–water partition coefficient (Wildman–Crippen LogP) is 6.88. The fourth-order valence-electron chi connectivity index (χ4n) is 6.28. The Hall–Kier alpha value is -5.71. The first-order valence-electron chi connectivity index (χ1n) is 18.6. The minimum Gasteiger partial charge on any atom is -0.494 e. The molecule has 1 aromatic heterocycles. The van der Waals surface area contributed by atoms with Crippen LogP contribution < -0.4 is 24.4 Å². The zero-order chi connectivity index (χ0) is 40.4. The molecule has 0 atom stereocenters. The molecule has 5 aromatic rings. The van der Waals surface area contributed by atoms with E-state index in [1.807, 2.05) is 74.0 Å². The molecule has 0 radical (unpaired) electrons. The summed E-state index contributed by atoms with van der Waals surface area (Å²) < 4.78 is 40.1. The Morgan fingerprint density at radius 1 is 0.895 bits per heavy atom. The molecule has 1 amide bonds. The van der Waals surface area contributed by atoms with Crippen molar-refractivity contribution in [2.24, 2.45) is 0 Å². The first-order valence-corrected chi connectivity index (χ1v) is 21.1. The molecule has 4 aromatic carbocycles. The number of sulfonamides is 1. The summed E-state index contributed by atoms with van der Waals surface area (Å²) in [6, 6.07) is 30.6. The summed E-state index contributed by atoms with van der Waals surface area (Å²) in [5, 5.41) is 23.1. The summed E-state index contributed by atoms with van der Waals surface area (Å²) in [5.41, 5.74) is 2.74. The lowest BCUT2D eigenvalue weighted by atomic mass is 10.0. The number of anilines is 2. The van der Waals surface area contributed by atoms with Gasteiger partial charge in [-0.3, -0.25) is 19.8 Å². The third-order valence-electron chi connectivity index (χ3n) is 8.93. The number of benzene rings is 4. The quantitative estimate of drug-likeness (QED) is 0.0432. The average molecular weight is 812 g/mol. The van der Waals surface area contributed by atoms with Gasteiger partial charge in [-0.15, -0.1) is 22.0 Å². The number of carbonyl (C=O) groups is 1. The van der Waals surface area contributed by atoms with Crippen LogP contribution in [0.15, 0.2) is 113 Å². The standard InChI is InChI=1S/C41H45N7O7S2/c1-4-54-33-10-8-9-31(25-33)32-23-30(24-34(26-32)55-29(2)3)28-46-18-20-47(21-19-46)40-16-15-38(43-44-40)41(49)45-57(52,53)36-13-14-37(39(27-36)48(50)51)42-17-22-56-35-11-6-5-7-12-35/h5-16,23-27,29,42H,4,17-22,28H2,1-3H3,(H,45,49). The molecule has 1 aliphatic rings. The van der Waals surface area contributed by atoms with E-state index in [9.17, 15) is 23.3 Å². The minimum atomic E-state index is -4.47. The Kier molecular flexibility index (Phi) is 13.6. The first-order chi connectivity index (χ1) is 27.5. The van der Waals surface area contributed by atoms with E-state index in [0.29, 0.717) is 37.8 Å². The topological polar surface area (TPSA) is 169 Å². The van der Waals surface area contributed by atoms with E-state index in [-0.39, 0.29) is 17.5 Å². The van der Waals surface area contributed by atoms with Crippen molar-refractivity contribution in [3.05, 3.63) is 124 Å². The van der Waals surface area contributed by atoms with Gasteiger partial charge in [0.1, 0.15) is 17.2 Å². The number of ether oxygens (including phenoxy) is 2. The van der Waals surface area contributed by atoms with Gasteiger partial charge in [0.05, 0.1) is 22.5 Å². The number of aromatic nitrogens is 2. The summed E-state index contributed by atoms with van der Waals surface area (Å²) in [5.74, 6) is 1.80. The van der Waals surface area contributed by atoms with Crippen molar-refractivity contribution in [2.45, 2.75) is 43.2 Å². The fraction of sp³-hybridized carbons (Fsp3) is 0.293. The normalized spacial score (nSPS) is 13.3. The number of thioether (sulfide) groups is 1. The van der Waals surface area contributed by atoms with Crippen molar-refractivity contribution in [3.63, 3.8) is 0 Å². The average Bonchev–Trinajstić information content (AvgIpc) is 3.20. The van der Waals surface area contributed by atoms with Crippen LogP contribution in [-0.2, 0) is 16.6 Å². The molecule has 0 bridgehead atoms.